The first-order chi connectivity index (χ1) is 12.0. The molecule has 2 N–H and O–H groups in total. The van der Waals surface area contributed by atoms with Crippen molar-refractivity contribution in [2.75, 3.05) is 0 Å². The summed E-state index contributed by atoms with van der Waals surface area (Å²) in [5.41, 5.74) is 0.934. The Bertz CT molecular complexity index is 838. The van der Waals surface area contributed by atoms with Crippen LogP contribution in [0.4, 0.5) is 13.2 Å². The lowest BCUT2D eigenvalue weighted by Gasteiger charge is -2.06. The molecular weight excluding hydrogens is 357 g/mol. The van der Waals surface area contributed by atoms with E-state index < -0.39 is 12.0 Å². The van der Waals surface area contributed by atoms with Crippen molar-refractivity contribution in [2.45, 2.75) is 11.1 Å². The molecule has 0 unspecified atom stereocenters. The topological polar surface area (TPSA) is 75.2 Å². The molecule has 0 saturated heterocycles. The molecule has 0 bridgehead atoms. The van der Waals surface area contributed by atoms with E-state index >= 15 is 0 Å². The predicted octanol–water partition coefficient (Wildman–Crippen LogP) is 3.78. The van der Waals surface area contributed by atoms with E-state index in [1.165, 1.54) is 0 Å². The van der Waals surface area contributed by atoms with Gasteiger partial charge in [-0.1, -0.05) is 30.3 Å². The molecule has 0 aliphatic rings. The second-order valence-corrected chi connectivity index (χ2v) is 5.55. The van der Waals surface area contributed by atoms with E-state index in [4.69, 9.17) is 5.90 Å². The van der Waals surface area contributed by atoms with Crippen LogP contribution in [0.5, 0.6) is 0 Å². The molecule has 0 fully saturated rings. The number of alkyl halides is 3. The average molecular weight is 368 g/mol. The van der Waals surface area contributed by atoms with E-state index in [1.54, 1.807) is 54.6 Å². The number of nitrogens with two attached hydrogens (primary N) is 1. The van der Waals surface area contributed by atoms with Gasteiger partial charge in [-0.25, -0.2) is 9.67 Å². The molecule has 3 rings (SSSR count). The number of benzene rings is 2. The van der Waals surface area contributed by atoms with Crippen molar-refractivity contribution in [3.05, 3.63) is 60.4 Å². The van der Waals surface area contributed by atoms with Crippen molar-refractivity contribution in [3.63, 3.8) is 0 Å². The zero-order chi connectivity index (χ0) is 17.9. The van der Waals surface area contributed by atoms with Crippen LogP contribution in [0, 0.1) is 0 Å². The Balaban J connectivity index is 2.03. The van der Waals surface area contributed by atoms with E-state index in [9.17, 15) is 13.2 Å². The Morgan fingerprint density at radius 2 is 1.68 bits per heavy atom. The molecule has 0 radical (unpaired) electrons. The molecule has 0 atom stereocenters. The summed E-state index contributed by atoms with van der Waals surface area (Å²) < 4.78 is 44.8. The van der Waals surface area contributed by atoms with Gasteiger partial charge in [-0.3, -0.25) is 0 Å². The van der Waals surface area contributed by atoms with Gasteiger partial charge in [0.05, 0.1) is 17.7 Å². The summed E-state index contributed by atoms with van der Waals surface area (Å²) in [6.07, 6.45) is -4.64. The number of aromatic nitrogens is 3. The SMILES string of the molecule is NOOSc1ccc(-n2nc(C(F)(F)F)nc2-c2ccccc2)cc1. The highest BCUT2D eigenvalue weighted by Gasteiger charge is 2.37. The fourth-order valence-electron chi connectivity index (χ4n) is 2.09. The van der Waals surface area contributed by atoms with Crippen molar-refractivity contribution < 1.29 is 22.5 Å². The fourth-order valence-corrected chi connectivity index (χ4v) is 2.45. The van der Waals surface area contributed by atoms with Crippen LogP contribution in [-0.4, -0.2) is 14.8 Å². The highest BCUT2D eigenvalue weighted by molar-refractivity contribution is 7.94. The second-order valence-electron chi connectivity index (χ2n) is 4.78. The molecular formula is C15H11F3N4O2S. The van der Waals surface area contributed by atoms with Crippen LogP contribution in [0.2, 0.25) is 0 Å². The standard InChI is InChI=1S/C15H11F3N4O2S/c16-15(17,18)14-20-13(10-4-2-1-3-5-10)22(21-14)11-6-8-12(9-7-11)25-24-23-19/h1-9H,19H2. The van der Waals surface area contributed by atoms with Crippen LogP contribution in [0.3, 0.4) is 0 Å². The van der Waals surface area contributed by atoms with Gasteiger partial charge in [-0.05, 0) is 24.3 Å². The van der Waals surface area contributed by atoms with Gasteiger partial charge in [0.15, 0.2) is 5.82 Å². The lowest BCUT2D eigenvalue weighted by atomic mass is 10.2. The average Bonchev–Trinajstić information content (AvgIpc) is 3.07. The summed E-state index contributed by atoms with van der Waals surface area (Å²) in [5.74, 6) is 3.64. The first kappa shape index (κ1) is 17.4. The highest BCUT2D eigenvalue weighted by Crippen LogP contribution is 2.30. The summed E-state index contributed by atoms with van der Waals surface area (Å²) in [5, 5.41) is 3.62. The summed E-state index contributed by atoms with van der Waals surface area (Å²) in [7, 11) is 0. The fraction of sp³-hybridized carbons (Fsp3) is 0.0667. The largest absolute Gasteiger partial charge is 0.453 e. The van der Waals surface area contributed by atoms with E-state index in [2.05, 4.69) is 19.4 Å². The molecule has 25 heavy (non-hydrogen) atoms. The number of halogens is 3. The highest BCUT2D eigenvalue weighted by atomic mass is 32.2. The Morgan fingerprint density at radius 3 is 2.28 bits per heavy atom. The molecule has 130 valence electrons. The maximum atomic E-state index is 13.0. The van der Waals surface area contributed by atoms with Gasteiger partial charge in [0.2, 0.25) is 0 Å². The van der Waals surface area contributed by atoms with Gasteiger partial charge in [-0.15, -0.1) is 14.4 Å². The van der Waals surface area contributed by atoms with Gasteiger partial charge in [0.1, 0.15) is 0 Å². The van der Waals surface area contributed by atoms with Crippen LogP contribution in [0.25, 0.3) is 17.1 Å². The molecule has 2 aromatic carbocycles. The Labute approximate surface area is 144 Å². The van der Waals surface area contributed by atoms with Gasteiger partial charge in [0, 0.05) is 10.5 Å². The molecule has 6 nitrogen and oxygen atoms in total. The Kier molecular flexibility index (Phi) is 5.04. The molecule has 0 aliphatic carbocycles. The molecule has 1 heterocycles. The van der Waals surface area contributed by atoms with E-state index in [0.717, 1.165) is 16.7 Å². The Hall–Kier alpha value is -2.40. The van der Waals surface area contributed by atoms with Crippen molar-refractivity contribution in [1.82, 2.24) is 14.8 Å². The quantitative estimate of drug-likeness (QED) is 0.420. The summed E-state index contributed by atoms with van der Waals surface area (Å²) in [4.78, 5) is 8.29. The number of nitrogens with zero attached hydrogens (tertiary/aromatic N) is 3. The third-order valence-electron chi connectivity index (χ3n) is 3.14. The maximum absolute atomic E-state index is 13.0. The van der Waals surface area contributed by atoms with Gasteiger partial charge in [-0.2, -0.15) is 19.1 Å². The number of hydrogen-bond donors (Lipinski definition) is 1. The lowest BCUT2D eigenvalue weighted by molar-refractivity contribution is -0.195. The zero-order valence-electron chi connectivity index (χ0n) is 12.5. The van der Waals surface area contributed by atoms with Crippen molar-refractivity contribution in [3.8, 4) is 17.1 Å². The lowest BCUT2D eigenvalue weighted by Crippen LogP contribution is -2.08. The third kappa shape index (κ3) is 3.99. The maximum Gasteiger partial charge on any atom is 0.453 e. The van der Waals surface area contributed by atoms with Gasteiger partial charge in [0.25, 0.3) is 5.82 Å². The number of hydrogen-bond acceptors (Lipinski definition) is 6. The van der Waals surface area contributed by atoms with Crippen molar-refractivity contribution in [2.24, 2.45) is 5.90 Å². The van der Waals surface area contributed by atoms with Crippen LogP contribution in [-0.2, 0) is 15.5 Å². The summed E-state index contributed by atoms with van der Waals surface area (Å²) in [6, 6.07) is 14.9. The molecule has 0 aliphatic heterocycles. The first-order valence-electron chi connectivity index (χ1n) is 6.89. The molecule has 1 aromatic heterocycles. The zero-order valence-corrected chi connectivity index (χ0v) is 13.3. The van der Waals surface area contributed by atoms with Crippen molar-refractivity contribution in [1.29, 1.82) is 0 Å². The third-order valence-corrected chi connectivity index (χ3v) is 3.75. The monoisotopic (exact) mass is 368 g/mol. The minimum atomic E-state index is -4.64. The molecule has 10 heteroatoms. The van der Waals surface area contributed by atoms with Gasteiger partial charge < -0.3 is 0 Å². The smallest absolute Gasteiger partial charge is 0.213 e. The first-order valence-corrected chi connectivity index (χ1v) is 7.63. The van der Waals surface area contributed by atoms with E-state index in [1.807, 2.05) is 0 Å². The minimum Gasteiger partial charge on any atom is -0.213 e. The molecule has 0 spiro atoms. The van der Waals surface area contributed by atoms with Crippen LogP contribution in [0.15, 0.2) is 59.5 Å². The second kappa shape index (κ2) is 7.23. The van der Waals surface area contributed by atoms with E-state index in [0.29, 0.717) is 16.1 Å². The molecule has 0 saturated carbocycles. The summed E-state index contributed by atoms with van der Waals surface area (Å²) >= 11 is 0.862. The van der Waals surface area contributed by atoms with Gasteiger partial charge >= 0.3 is 6.18 Å². The Morgan fingerprint density at radius 1 is 1.00 bits per heavy atom. The summed E-state index contributed by atoms with van der Waals surface area (Å²) in [6.45, 7) is 0. The van der Waals surface area contributed by atoms with E-state index in [-0.39, 0.29) is 5.82 Å². The van der Waals surface area contributed by atoms with Crippen LogP contribution in [0.1, 0.15) is 5.82 Å². The molecule has 0 amide bonds. The molecule has 3 aromatic rings. The van der Waals surface area contributed by atoms with Crippen LogP contribution < -0.4 is 5.90 Å². The number of rotatable bonds is 5. The minimum absolute atomic E-state index is 0.0925. The normalized spacial score (nSPS) is 11.7. The van der Waals surface area contributed by atoms with Crippen LogP contribution >= 0.6 is 12.0 Å². The van der Waals surface area contributed by atoms with Crippen molar-refractivity contribution >= 4 is 12.0 Å². The predicted molar refractivity (Wildman–Crippen MR) is 84.0 cm³/mol.